The normalized spacial score (nSPS) is 19.8. The molecule has 3 heterocycles. The first-order valence-corrected chi connectivity index (χ1v) is 13.8. The summed E-state index contributed by atoms with van der Waals surface area (Å²) in [6.45, 7) is 8.44. The van der Waals surface area contributed by atoms with Gasteiger partial charge < -0.3 is 9.47 Å². The van der Waals surface area contributed by atoms with Crippen molar-refractivity contribution >= 4 is 23.5 Å². The summed E-state index contributed by atoms with van der Waals surface area (Å²) in [6, 6.07) is 12.3. The van der Waals surface area contributed by atoms with Crippen molar-refractivity contribution in [1.82, 2.24) is 19.8 Å². The van der Waals surface area contributed by atoms with E-state index in [2.05, 4.69) is 44.0 Å². The van der Waals surface area contributed by atoms with E-state index in [0.717, 1.165) is 75.4 Å². The molecule has 0 atom stereocenters. The van der Waals surface area contributed by atoms with Crippen LogP contribution in [0.2, 0.25) is 0 Å². The minimum absolute atomic E-state index is 0.641. The van der Waals surface area contributed by atoms with E-state index in [0.29, 0.717) is 13.2 Å². The first-order chi connectivity index (χ1) is 15.9. The van der Waals surface area contributed by atoms with Crippen LogP contribution in [-0.2, 0) is 22.6 Å². The molecule has 2 aromatic heterocycles. The zero-order valence-corrected chi connectivity index (χ0v) is 20.6. The number of rotatable bonds is 4. The van der Waals surface area contributed by atoms with Crippen LogP contribution in [0.3, 0.4) is 0 Å². The van der Waals surface area contributed by atoms with Gasteiger partial charge in [-0.25, -0.2) is 0 Å². The minimum atomic E-state index is 0.641. The Labute approximate surface area is 201 Å². The molecule has 1 fully saturated rings. The molecule has 0 N–H and O–H groups in total. The highest BCUT2D eigenvalue weighted by Gasteiger charge is 2.09. The zero-order chi connectivity index (χ0) is 22.1. The van der Waals surface area contributed by atoms with Crippen LogP contribution in [0.15, 0.2) is 48.8 Å². The molecule has 0 aliphatic carbocycles. The molecule has 3 rings (SSSR count). The van der Waals surface area contributed by atoms with Crippen molar-refractivity contribution in [3.63, 3.8) is 0 Å². The Morgan fingerprint density at radius 2 is 1.12 bits per heavy atom. The smallest absolute Gasteiger partial charge is 0.0701 e. The van der Waals surface area contributed by atoms with E-state index in [9.17, 15) is 0 Å². The maximum absolute atomic E-state index is 5.85. The summed E-state index contributed by atoms with van der Waals surface area (Å²) in [7, 11) is 0. The van der Waals surface area contributed by atoms with Crippen LogP contribution in [0.5, 0.6) is 0 Å². The van der Waals surface area contributed by atoms with Gasteiger partial charge in [0.15, 0.2) is 0 Å². The van der Waals surface area contributed by atoms with Gasteiger partial charge >= 0.3 is 0 Å². The van der Waals surface area contributed by atoms with Crippen LogP contribution in [0.1, 0.15) is 11.4 Å². The maximum atomic E-state index is 5.85. The van der Waals surface area contributed by atoms with Crippen molar-refractivity contribution in [2.45, 2.75) is 13.1 Å². The van der Waals surface area contributed by atoms with Crippen LogP contribution >= 0.6 is 23.5 Å². The Morgan fingerprint density at radius 1 is 0.625 bits per heavy atom. The molecule has 0 aromatic carbocycles. The lowest BCUT2D eigenvalue weighted by Crippen LogP contribution is -2.31. The Kier molecular flexibility index (Phi) is 13.1. The molecule has 6 nitrogen and oxygen atoms in total. The Balaban J connectivity index is 1.43. The molecule has 0 radical (unpaired) electrons. The average Bonchev–Trinajstić information content (AvgIpc) is 2.82. The first kappa shape index (κ1) is 25.5. The van der Waals surface area contributed by atoms with Gasteiger partial charge in [-0.3, -0.25) is 19.8 Å². The summed E-state index contributed by atoms with van der Waals surface area (Å²) in [5.41, 5.74) is 2.24. The second-order valence-electron chi connectivity index (χ2n) is 7.64. The summed E-state index contributed by atoms with van der Waals surface area (Å²) in [5, 5.41) is 0. The third-order valence-corrected chi connectivity index (χ3v) is 7.36. The standard InChI is InChI=1S/C24H36N4O2S2/c1-3-7-25-23(5-1)21-27-9-13-29-15-16-30-14-10-28(22-24-6-2-4-8-26-24)12-18-32-20-19-31-17-11-27/h1-8H,9-22H2. The molecular weight excluding hydrogens is 440 g/mol. The molecule has 0 unspecified atom stereocenters. The van der Waals surface area contributed by atoms with Crippen LogP contribution in [0, 0.1) is 0 Å². The van der Waals surface area contributed by atoms with E-state index in [-0.39, 0.29) is 0 Å². The fourth-order valence-electron chi connectivity index (χ4n) is 3.40. The van der Waals surface area contributed by atoms with Crippen molar-refractivity contribution < 1.29 is 9.47 Å². The Bertz CT molecular complexity index is 630. The van der Waals surface area contributed by atoms with Gasteiger partial charge in [-0.2, -0.15) is 23.5 Å². The van der Waals surface area contributed by atoms with Gasteiger partial charge in [-0.1, -0.05) is 12.1 Å². The molecule has 0 amide bonds. The molecule has 0 bridgehead atoms. The van der Waals surface area contributed by atoms with Gasteiger partial charge in [-0.15, -0.1) is 0 Å². The number of ether oxygens (including phenoxy) is 2. The highest BCUT2D eigenvalue weighted by molar-refractivity contribution is 8.02. The SMILES string of the molecule is c1ccc(CN2CCOCCOCCN(Cc3ccccn3)CCSCCSCC2)nc1. The van der Waals surface area contributed by atoms with Gasteiger partial charge in [0.05, 0.1) is 37.8 Å². The fourth-order valence-corrected chi connectivity index (χ4v) is 5.53. The molecule has 176 valence electrons. The van der Waals surface area contributed by atoms with Gasteiger partial charge in [0.1, 0.15) is 0 Å². The van der Waals surface area contributed by atoms with Gasteiger partial charge in [0, 0.05) is 74.7 Å². The predicted octanol–water partition coefficient (Wildman–Crippen LogP) is 3.29. The van der Waals surface area contributed by atoms with Crippen molar-refractivity contribution in [1.29, 1.82) is 0 Å². The topological polar surface area (TPSA) is 50.7 Å². The minimum Gasteiger partial charge on any atom is -0.378 e. The quantitative estimate of drug-likeness (QED) is 0.666. The zero-order valence-electron chi connectivity index (χ0n) is 18.9. The number of pyridine rings is 2. The molecule has 1 aliphatic heterocycles. The Morgan fingerprint density at radius 3 is 1.56 bits per heavy atom. The maximum Gasteiger partial charge on any atom is 0.0701 e. The number of nitrogens with zero attached hydrogens (tertiary/aromatic N) is 4. The number of hydrogen-bond donors (Lipinski definition) is 0. The highest BCUT2D eigenvalue weighted by Crippen LogP contribution is 2.11. The second-order valence-corrected chi connectivity index (χ2v) is 10.1. The van der Waals surface area contributed by atoms with E-state index >= 15 is 0 Å². The van der Waals surface area contributed by atoms with E-state index < -0.39 is 0 Å². The van der Waals surface area contributed by atoms with E-state index in [4.69, 9.17) is 9.47 Å². The van der Waals surface area contributed by atoms with Gasteiger partial charge in [-0.05, 0) is 24.3 Å². The second kappa shape index (κ2) is 16.5. The lowest BCUT2D eigenvalue weighted by atomic mass is 10.3. The number of thioether (sulfide) groups is 2. The van der Waals surface area contributed by atoms with Crippen molar-refractivity contribution in [2.24, 2.45) is 0 Å². The van der Waals surface area contributed by atoms with E-state index in [1.807, 2.05) is 48.1 Å². The molecule has 0 saturated carbocycles. The summed E-state index contributed by atoms with van der Waals surface area (Å²) < 4.78 is 11.7. The highest BCUT2D eigenvalue weighted by atomic mass is 32.2. The molecule has 1 saturated heterocycles. The van der Waals surface area contributed by atoms with Crippen molar-refractivity contribution in [3.8, 4) is 0 Å². The van der Waals surface area contributed by atoms with Crippen LogP contribution in [0.4, 0.5) is 0 Å². The van der Waals surface area contributed by atoms with E-state index in [1.54, 1.807) is 0 Å². The van der Waals surface area contributed by atoms with E-state index in [1.165, 1.54) is 11.5 Å². The van der Waals surface area contributed by atoms with Crippen LogP contribution in [-0.4, -0.2) is 95.4 Å². The Hall–Kier alpha value is -1.16. The average molecular weight is 477 g/mol. The molecule has 2 aromatic rings. The summed E-state index contributed by atoms with van der Waals surface area (Å²) in [5.74, 6) is 4.68. The van der Waals surface area contributed by atoms with Crippen molar-refractivity contribution in [2.75, 3.05) is 75.6 Å². The monoisotopic (exact) mass is 476 g/mol. The summed E-state index contributed by atoms with van der Waals surface area (Å²) in [6.07, 6.45) is 3.74. The molecular formula is C24H36N4O2S2. The summed E-state index contributed by atoms with van der Waals surface area (Å²) in [4.78, 5) is 13.9. The van der Waals surface area contributed by atoms with Crippen molar-refractivity contribution in [3.05, 3.63) is 60.2 Å². The number of aromatic nitrogens is 2. The predicted molar refractivity (Wildman–Crippen MR) is 135 cm³/mol. The third kappa shape index (κ3) is 11.1. The first-order valence-electron chi connectivity index (χ1n) is 11.5. The molecule has 8 heteroatoms. The fraction of sp³-hybridized carbons (Fsp3) is 0.583. The summed E-state index contributed by atoms with van der Waals surface area (Å²) >= 11 is 4.09. The van der Waals surface area contributed by atoms with Crippen LogP contribution < -0.4 is 0 Å². The number of hydrogen-bond acceptors (Lipinski definition) is 8. The molecule has 1 aliphatic rings. The largest absolute Gasteiger partial charge is 0.378 e. The molecule has 32 heavy (non-hydrogen) atoms. The lowest BCUT2D eigenvalue weighted by molar-refractivity contribution is 0.0307. The van der Waals surface area contributed by atoms with Crippen LogP contribution in [0.25, 0.3) is 0 Å². The lowest BCUT2D eigenvalue weighted by Gasteiger charge is -2.23. The third-order valence-electron chi connectivity index (χ3n) is 5.17. The molecule has 0 spiro atoms. The van der Waals surface area contributed by atoms with Gasteiger partial charge in [0.2, 0.25) is 0 Å². The van der Waals surface area contributed by atoms with Gasteiger partial charge in [0.25, 0.3) is 0 Å².